The van der Waals surface area contributed by atoms with Crippen LogP contribution >= 0.6 is 15.9 Å². The van der Waals surface area contributed by atoms with Gasteiger partial charge in [-0.3, -0.25) is 9.88 Å². The Morgan fingerprint density at radius 2 is 1.88 bits per heavy atom. The molecule has 0 bridgehead atoms. The van der Waals surface area contributed by atoms with Crippen molar-refractivity contribution in [1.82, 2.24) is 9.88 Å². The highest BCUT2D eigenvalue weighted by atomic mass is 79.9. The van der Waals surface area contributed by atoms with Gasteiger partial charge in [-0.2, -0.15) is 0 Å². The number of piperazine rings is 1. The molecule has 0 unspecified atom stereocenters. The van der Waals surface area contributed by atoms with E-state index in [9.17, 15) is 0 Å². The lowest BCUT2D eigenvalue weighted by molar-refractivity contribution is 0.209. The van der Waals surface area contributed by atoms with E-state index in [2.05, 4.69) is 44.6 Å². The summed E-state index contributed by atoms with van der Waals surface area (Å²) >= 11 is 3.53. The molecule has 2 rings (SSSR count). The van der Waals surface area contributed by atoms with E-state index in [1.807, 2.05) is 0 Å². The fourth-order valence-corrected chi connectivity index (χ4v) is 2.84. The molecule has 1 saturated heterocycles. The molecule has 4 nitrogen and oxygen atoms in total. The Labute approximate surface area is 111 Å². The van der Waals surface area contributed by atoms with E-state index < -0.39 is 0 Å². The first-order chi connectivity index (χ1) is 8.09. The fourth-order valence-electron chi connectivity index (χ4n) is 2.24. The number of hydrogen-bond acceptors (Lipinski definition) is 4. The molecule has 1 aromatic rings. The van der Waals surface area contributed by atoms with Crippen molar-refractivity contribution in [3.8, 4) is 0 Å². The van der Waals surface area contributed by atoms with Gasteiger partial charge in [-0.05, 0) is 29.8 Å². The maximum atomic E-state index is 6.00. The summed E-state index contributed by atoms with van der Waals surface area (Å²) in [6, 6.07) is 0.621. The minimum absolute atomic E-state index is 0.621. The van der Waals surface area contributed by atoms with Crippen LogP contribution < -0.4 is 10.6 Å². The van der Waals surface area contributed by atoms with Gasteiger partial charge in [0.1, 0.15) is 0 Å². The molecule has 1 aliphatic rings. The van der Waals surface area contributed by atoms with Gasteiger partial charge < -0.3 is 10.6 Å². The second kappa shape index (κ2) is 5.23. The summed E-state index contributed by atoms with van der Waals surface area (Å²) in [4.78, 5) is 8.89. The Bertz CT molecular complexity index is 366. The van der Waals surface area contributed by atoms with Crippen LogP contribution in [0.4, 0.5) is 11.4 Å². The zero-order valence-electron chi connectivity index (χ0n) is 10.4. The van der Waals surface area contributed by atoms with Crippen LogP contribution in [-0.4, -0.2) is 42.1 Å². The van der Waals surface area contributed by atoms with Gasteiger partial charge in [-0.15, -0.1) is 0 Å². The number of hydrogen-bond donors (Lipinski definition) is 1. The number of nitrogens with two attached hydrogens (primary N) is 1. The molecule has 2 N–H and O–H groups in total. The first-order valence-electron chi connectivity index (χ1n) is 5.97. The van der Waals surface area contributed by atoms with Crippen LogP contribution in [0.3, 0.4) is 0 Å². The van der Waals surface area contributed by atoms with Crippen LogP contribution in [-0.2, 0) is 0 Å². The van der Waals surface area contributed by atoms with E-state index >= 15 is 0 Å². The van der Waals surface area contributed by atoms with Crippen molar-refractivity contribution in [3.63, 3.8) is 0 Å². The summed E-state index contributed by atoms with van der Waals surface area (Å²) in [7, 11) is 0. The van der Waals surface area contributed by atoms with E-state index in [0.717, 1.165) is 42.0 Å². The van der Waals surface area contributed by atoms with Gasteiger partial charge in [0.15, 0.2) is 0 Å². The molecule has 0 aliphatic carbocycles. The van der Waals surface area contributed by atoms with Gasteiger partial charge in [0.05, 0.1) is 22.0 Å². The van der Waals surface area contributed by atoms with Crippen LogP contribution in [0.2, 0.25) is 0 Å². The number of anilines is 2. The van der Waals surface area contributed by atoms with E-state index in [4.69, 9.17) is 5.73 Å². The number of nitrogen functional groups attached to an aromatic ring is 1. The average molecular weight is 299 g/mol. The number of rotatable bonds is 2. The van der Waals surface area contributed by atoms with Crippen LogP contribution in [0.5, 0.6) is 0 Å². The second-order valence-corrected chi connectivity index (χ2v) is 5.53. The molecule has 0 saturated carbocycles. The van der Waals surface area contributed by atoms with Crippen LogP contribution in [0.1, 0.15) is 13.8 Å². The van der Waals surface area contributed by atoms with Gasteiger partial charge >= 0.3 is 0 Å². The van der Waals surface area contributed by atoms with Crippen molar-refractivity contribution >= 4 is 27.3 Å². The number of pyridine rings is 1. The van der Waals surface area contributed by atoms with Gasteiger partial charge in [0.25, 0.3) is 0 Å². The monoisotopic (exact) mass is 298 g/mol. The Morgan fingerprint density at radius 1 is 1.24 bits per heavy atom. The lowest BCUT2D eigenvalue weighted by atomic mass is 10.2. The van der Waals surface area contributed by atoms with Crippen molar-refractivity contribution in [2.75, 3.05) is 36.8 Å². The van der Waals surface area contributed by atoms with Gasteiger partial charge in [0.2, 0.25) is 0 Å². The molecule has 1 aromatic heterocycles. The molecule has 0 amide bonds. The quantitative estimate of drug-likeness (QED) is 0.907. The average Bonchev–Trinajstić information content (AvgIpc) is 2.29. The van der Waals surface area contributed by atoms with E-state index in [0.29, 0.717) is 6.04 Å². The Balaban J connectivity index is 2.11. The minimum atomic E-state index is 0.621. The third kappa shape index (κ3) is 2.72. The first kappa shape index (κ1) is 12.6. The molecule has 1 aliphatic heterocycles. The number of aromatic nitrogens is 1. The first-order valence-corrected chi connectivity index (χ1v) is 6.77. The molecule has 2 heterocycles. The topological polar surface area (TPSA) is 45.4 Å². The van der Waals surface area contributed by atoms with Crippen LogP contribution in [0.15, 0.2) is 16.9 Å². The lowest BCUT2D eigenvalue weighted by Gasteiger charge is -2.38. The van der Waals surface area contributed by atoms with Crippen molar-refractivity contribution in [2.24, 2.45) is 0 Å². The Kier molecular flexibility index (Phi) is 3.89. The molecule has 0 spiro atoms. The van der Waals surface area contributed by atoms with Gasteiger partial charge in [-0.1, -0.05) is 0 Å². The SMILES string of the molecule is CC(C)N1CCN(c2c(N)cncc2Br)CC1. The molecule has 0 atom stereocenters. The smallest absolute Gasteiger partial charge is 0.0776 e. The fraction of sp³-hybridized carbons (Fsp3) is 0.583. The Hall–Kier alpha value is -0.810. The summed E-state index contributed by atoms with van der Waals surface area (Å²) in [5.41, 5.74) is 7.83. The number of nitrogens with zero attached hydrogens (tertiary/aromatic N) is 3. The highest BCUT2D eigenvalue weighted by molar-refractivity contribution is 9.10. The van der Waals surface area contributed by atoms with Crippen molar-refractivity contribution in [2.45, 2.75) is 19.9 Å². The lowest BCUT2D eigenvalue weighted by Crippen LogP contribution is -2.49. The van der Waals surface area contributed by atoms with Crippen LogP contribution in [0, 0.1) is 0 Å². The molecule has 0 radical (unpaired) electrons. The molecule has 0 aromatic carbocycles. The van der Waals surface area contributed by atoms with Crippen molar-refractivity contribution in [1.29, 1.82) is 0 Å². The summed E-state index contributed by atoms with van der Waals surface area (Å²) < 4.78 is 0.982. The molecule has 94 valence electrons. The number of halogens is 1. The van der Waals surface area contributed by atoms with Crippen molar-refractivity contribution in [3.05, 3.63) is 16.9 Å². The summed E-state index contributed by atoms with van der Waals surface area (Å²) in [5, 5.41) is 0. The van der Waals surface area contributed by atoms with E-state index in [-0.39, 0.29) is 0 Å². The predicted octanol–water partition coefficient (Wildman–Crippen LogP) is 1.96. The third-order valence-electron chi connectivity index (χ3n) is 3.26. The zero-order chi connectivity index (χ0) is 12.4. The predicted molar refractivity (Wildman–Crippen MR) is 75.3 cm³/mol. The van der Waals surface area contributed by atoms with Crippen LogP contribution in [0.25, 0.3) is 0 Å². The molecular formula is C12H19BrN4. The summed E-state index contributed by atoms with van der Waals surface area (Å²) in [5.74, 6) is 0. The highest BCUT2D eigenvalue weighted by Crippen LogP contribution is 2.31. The summed E-state index contributed by atoms with van der Waals surface area (Å²) in [6.45, 7) is 8.70. The highest BCUT2D eigenvalue weighted by Gasteiger charge is 2.21. The second-order valence-electron chi connectivity index (χ2n) is 4.68. The molecule has 5 heteroatoms. The minimum Gasteiger partial charge on any atom is -0.396 e. The standard InChI is InChI=1S/C12H19BrN4/c1-9(2)16-3-5-17(6-4-16)12-10(13)7-15-8-11(12)14/h7-9H,3-6,14H2,1-2H3. The largest absolute Gasteiger partial charge is 0.396 e. The van der Waals surface area contributed by atoms with E-state index in [1.54, 1.807) is 12.4 Å². The zero-order valence-corrected chi connectivity index (χ0v) is 11.9. The van der Waals surface area contributed by atoms with E-state index in [1.165, 1.54) is 0 Å². The van der Waals surface area contributed by atoms with Gasteiger partial charge in [0, 0.05) is 38.4 Å². The Morgan fingerprint density at radius 3 is 2.41 bits per heavy atom. The molecule has 1 fully saturated rings. The molecule has 17 heavy (non-hydrogen) atoms. The third-order valence-corrected chi connectivity index (χ3v) is 3.84. The van der Waals surface area contributed by atoms with Crippen molar-refractivity contribution < 1.29 is 0 Å². The maximum absolute atomic E-state index is 6.00. The maximum Gasteiger partial charge on any atom is 0.0776 e. The van der Waals surface area contributed by atoms with Gasteiger partial charge in [-0.25, -0.2) is 0 Å². The molecular weight excluding hydrogens is 280 g/mol. The normalized spacial score (nSPS) is 17.8. The summed E-state index contributed by atoms with van der Waals surface area (Å²) in [6.07, 6.45) is 3.52.